The summed E-state index contributed by atoms with van der Waals surface area (Å²) in [6.45, 7) is 2.01. The molecule has 0 aliphatic carbocycles. The van der Waals surface area contributed by atoms with Crippen LogP contribution in [0.2, 0.25) is 0 Å². The zero-order valence-corrected chi connectivity index (χ0v) is 17.7. The zero-order valence-electron chi connectivity index (χ0n) is 16.0. The lowest BCUT2D eigenvalue weighted by Gasteiger charge is -2.25. The number of aromatic nitrogens is 4. The van der Waals surface area contributed by atoms with E-state index in [0.717, 1.165) is 27.1 Å². The van der Waals surface area contributed by atoms with Gasteiger partial charge in [-0.1, -0.05) is 36.0 Å². The lowest BCUT2D eigenvalue weighted by Crippen LogP contribution is -2.35. The van der Waals surface area contributed by atoms with Crippen molar-refractivity contribution in [1.82, 2.24) is 19.6 Å². The highest BCUT2D eigenvalue weighted by Crippen LogP contribution is 2.41. The average molecular weight is 435 g/mol. The lowest BCUT2D eigenvalue weighted by atomic mass is 10.3. The van der Waals surface area contributed by atoms with E-state index in [1.165, 1.54) is 11.8 Å². The van der Waals surface area contributed by atoms with E-state index in [0.29, 0.717) is 11.6 Å². The molecule has 0 saturated carbocycles. The molecule has 1 aliphatic heterocycles. The van der Waals surface area contributed by atoms with Crippen LogP contribution >= 0.6 is 23.5 Å². The molecular formula is C21H18N6OS2. The van der Waals surface area contributed by atoms with Crippen molar-refractivity contribution in [2.24, 2.45) is 5.73 Å². The molecule has 1 aromatic carbocycles. The molecule has 30 heavy (non-hydrogen) atoms. The number of allylic oxidation sites excluding steroid dienone is 1. The van der Waals surface area contributed by atoms with Crippen molar-refractivity contribution < 1.29 is 4.74 Å². The lowest BCUT2D eigenvalue weighted by molar-refractivity contribution is 0.478. The number of pyridine rings is 2. The number of nitrogens with zero attached hydrogens (tertiary/aromatic N) is 5. The van der Waals surface area contributed by atoms with Gasteiger partial charge in [-0.25, -0.2) is 4.98 Å². The summed E-state index contributed by atoms with van der Waals surface area (Å²) in [6, 6.07) is 17.4. The number of benzene rings is 1. The highest BCUT2D eigenvalue weighted by atomic mass is 32.2. The predicted octanol–water partition coefficient (Wildman–Crippen LogP) is 4.72. The summed E-state index contributed by atoms with van der Waals surface area (Å²) in [7, 11) is 0. The number of fused-ring (bicyclic) bond motifs is 1. The second-order valence-corrected chi connectivity index (χ2v) is 8.61. The molecule has 3 aromatic heterocycles. The standard InChI is InChI=1S/C21H18N6OS2/c1-14-13-29-20(22)27(14)19-17(28-15-7-3-2-4-8-15)11-16(12-23-19)30-21-25-24-18-9-5-6-10-26(18)21/h2-13,20H,22H2,1H3. The van der Waals surface area contributed by atoms with Crippen LogP contribution in [0.1, 0.15) is 6.92 Å². The van der Waals surface area contributed by atoms with Crippen LogP contribution in [0.15, 0.2) is 88.1 Å². The Bertz CT molecular complexity index is 1230. The maximum Gasteiger partial charge on any atom is 0.200 e. The maximum absolute atomic E-state index is 6.29. The summed E-state index contributed by atoms with van der Waals surface area (Å²) >= 11 is 3.03. The van der Waals surface area contributed by atoms with Crippen LogP contribution in [-0.4, -0.2) is 25.1 Å². The van der Waals surface area contributed by atoms with Crippen molar-refractivity contribution in [2.75, 3.05) is 4.90 Å². The van der Waals surface area contributed by atoms with Gasteiger partial charge in [-0.15, -0.1) is 10.2 Å². The minimum absolute atomic E-state index is 0.241. The largest absolute Gasteiger partial charge is 0.453 e. The third kappa shape index (κ3) is 3.62. The van der Waals surface area contributed by atoms with Crippen molar-refractivity contribution in [1.29, 1.82) is 0 Å². The van der Waals surface area contributed by atoms with E-state index < -0.39 is 0 Å². The third-order valence-corrected chi connectivity index (χ3v) is 6.40. The van der Waals surface area contributed by atoms with Gasteiger partial charge in [0.2, 0.25) is 0 Å². The molecule has 7 nitrogen and oxygen atoms in total. The summed E-state index contributed by atoms with van der Waals surface area (Å²) in [5.41, 5.74) is 7.87. The van der Waals surface area contributed by atoms with E-state index in [1.54, 1.807) is 11.8 Å². The molecule has 1 unspecified atom stereocenters. The van der Waals surface area contributed by atoms with Gasteiger partial charge in [0.15, 0.2) is 22.4 Å². The van der Waals surface area contributed by atoms with Gasteiger partial charge in [-0.3, -0.25) is 4.40 Å². The van der Waals surface area contributed by atoms with E-state index in [4.69, 9.17) is 15.5 Å². The first kappa shape index (κ1) is 19.0. The highest BCUT2D eigenvalue weighted by Gasteiger charge is 2.27. The number of para-hydroxylation sites is 1. The minimum Gasteiger partial charge on any atom is -0.453 e. The normalized spacial score (nSPS) is 16.1. The Hall–Kier alpha value is -3.01. The molecule has 4 aromatic rings. The van der Waals surface area contributed by atoms with Crippen molar-refractivity contribution >= 4 is 35.0 Å². The number of rotatable bonds is 5. The second kappa shape index (κ2) is 8.02. The molecule has 9 heteroatoms. The van der Waals surface area contributed by atoms with Crippen LogP contribution in [0.3, 0.4) is 0 Å². The zero-order chi connectivity index (χ0) is 20.5. The summed E-state index contributed by atoms with van der Waals surface area (Å²) in [5.74, 6) is 2.05. The van der Waals surface area contributed by atoms with Crippen molar-refractivity contribution in [3.63, 3.8) is 0 Å². The number of thioether (sulfide) groups is 1. The molecule has 0 fully saturated rings. The molecule has 0 spiro atoms. The Kier molecular flexibility index (Phi) is 5.07. The Morgan fingerprint density at radius 3 is 2.73 bits per heavy atom. The van der Waals surface area contributed by atoms with Gasteiger partial charge in [0.05, 0.1) is 0 Å². The fraction of sp³-hybridized carbons (Fsp3) is 0.0952. The number of hydrogen-bond donors (Lipinski definition) is 1. The predicted molar refractivity (Wildman–Crippen MR) is 120 cm³/mol. The fourth-order valence-corrected chi connectivity index (χ4v) is 4.77. The monoisotopic (exact) mass is 434 g/mol. The first-order valence-corrected chi connectivity index (χ1v) is 11.0. The summed E-state index contributed by atoms with van der Waals surface area (Å²) in [4.78, 5) is 7.58. The number of ether oxygens (including phenoxy) is 1. The fourth-order valence-electron chi connectivity index (χ4n) is 3.12. The first-order chi connectivity index (χ1) is 14.7. The van der Waals surface area contributed by atoms with Crippen LogP contribution in [0.5, 0.6) is 11.5 Å². The molecule has 4 heterocycles. The summed E-state index contributed by atoms with van der Waals surface area (Å²) in [5, 5.41) is 11.3. The summed E-state index contributed by atoms with van der Waals surface area (Å²) < 4.78 is 8.15. The van der Waals surface area contributed by atoms with Gasteiger partial charge in [0.1, 0.15) is 11.2 Å². The van der Waals surface area contributed by atoms with Gasteiger partial charge in [-0.05, 0) is 48.4 Å². The number of anilines is 1. The van der Waals surface area contributed by atoms with Gasteiger partial charge < -0.3 is 15.4 Å². The maximum atomic E-state index is 6.29. The van der Waals surface area contributed by atoms with Crippen LogP contribution in [-0.2, 0) is 0 Å². The van der Waals surface area contributed by atoms with E-state index in [-0.39, 0.29) is 5.50 Å². The van der Waals surface area contributed by atoms with E-state index in [9.17, 15) is 0 Å². The van der Waals surface area contributed by atoms with Crippen molar-refractivity contribution in [3.8, 4) is 11.5 Å². The molecule has 1 atom stereocenters. The van der Waals surface area contributed by atoms with Gasteiger partial charge in [0.25, 0.3) is 0 Å². The van der Waals surface area contributed by atoms with E-state index in [1.807, 2.05) is 88.6 Å². The SMILES string of the molecule is CC1=CSC(N)N1c1ncc(Sc2nnc3ccccn23)cc1Oc1ccccc1. The number of hydrogen-bond acceptors (Lipinski definition) is 8. The van der Waals surface area contributed by atoms with Crippen LogP contribution in [0.4, 0.5) is 5.82 Å². The third-order valence-electron chi connectivity index (χ3n) is 4.51. The Balaban J connectivity index is 1.53. The molecule has 0 saturated heterocycles. The molecule has 1 aliphatic rings. The Labute approximate surface area is 182 Å². The molecule has 0 bridgehead atoms. The van der Waals surface area contributed by atoms with Crippen molar-refractivity contribution in [2.45, 2.75) is 22.5 Å². The van der Waals surface area contributed by atoms with Crippen molar-refractivity contribution in [3.05, 3.63) is 78.1 Å². The topological polar surface area (TPSA) is 81.6 Å². The highest BCUT2D eigenvalue weighted by molar-refractivity contribution is 8.03. The molecule has 0 radical (unpaired) electrons. The van der Waals surface area contributed by atoms with E-state index >= 15 is 0 Å². The van der Waals surface area contributed by atoms with Crippen LogP contribution in [0.25, 0.3) is 5.65 Å². The minimum atomic E-state index is -0.241. The van der Waals surface area contributed by atoms with Gasteiger partial charge in [-0.2, -0.15) is 0 Å². The summed E-state index contributed by atoms with van der Waals surface area (Å²) in [6.07, 6.45) is 3.75. The molecule has 5 rings (SSSR count). The Morgan fingerprint density at radius 2 is 1.93 bits per heavy atom. The van der Waals surface area contributed by atoms with Crippen LogP contribution in [0, 0.1) is 0 Å². The second-order valence-electron chi connectivity index (χ2n) is 6.58. The Morgan fingerprint density at radius 1 is 1.10 bits per heavy atom. The van der Waals surface area contributed by atoms with Crippen LogP contribution < -0.4 is 15.4 Å². The van der Waals surface area contributed by atoms with Gasteiger partial charge >= 0.3 is 0 Å². The quantitative estimate of drug-likeness (QED) is 0.483. The molecule has 2 N–H and O–H groups in total. The van der Waals surface area contributed by atoms with E-state index in [2.05, 4.69) is 10.2 Å². The molecular weight excluding hydrogens is 416 g/mol. The molecule has 0 amide bonds. The molecule has 150 valence electrons. The smallest absolute Gasteiger partial charge is 0.200 e. The number of nitrogens with two attached hydrogens (primary N) is 1. The van der Waals surface area contributed by atoms with Gasteiger partial charge in [0, 0.05) is 29.1 Å². The average Bonchev–Trinajstić information content (AvgIpc) is 3.32. The first-order valence-electron chi connectivity index (χ1n) is 9.27.